The van der Waals surface area contributed by atoms with Crippen molar-refractivity contribution in [1.82, 2.24) is 0 Å². The average Bonchev–Trinajstić information content (AvgIpc) is 2.52. The van der Waals surface area contributed by atoms with Gasteiger partial charge in [0.15, 0.2) is 0 Å². The van der Waals surface area contributed by atoms with Gasteiger partial charge in [0.25, 0.3) is 0 Å². The summed E-state index contributed by atoms with van der Waals surface area (Å²) in [5.41, 5.74) is 12.7. The van der Waals surface area contributed by atoms with Crippen LogP contribution >= 0.6 is 0 Å². The van der Waals surface area contributed by atoms with E-state index in [9.17, 15) is 0 Å². The van der Waals surface area contributed by atoms with Crippen molar-refractivity contribution in [1.29, 1.82) is 0 Å². The number of hydrogen-bond donors (Lipinski definition) is 0. The molecule has 0 amide bonds. The number of benzene rings is 3. The van der Waals surface area contributed by atoms with Gasteiger partial charge in [-0.15, -0.1) is 0 Å². The number of hydrogen-bond acceptors (Lipinski definition) is 0. The SMILES string of the molecule is [CH3][Ge][CH2]c1cc(C)cc(Cc2cc(C)cc(Cc3cc(C)cc(C)c3)c2)c1. The molecule has 0 N–H and O–H groups in total. The van der Waals surface area contributed by atoms with Crippen LogP contribution in [-0.2, 0) is 18.1 Å². The van der Waals surface area contributed by atoms with Crippen molar-refractivity contribution in [3.8, 4) is 0 Å². The fourth-order valence-electron chi connectivity index (χ4n) is 4.15. The Morgan fingerprint density at radius 3 is 1.26 bits per heavy atom. The van der Waals surface area contributed by atoms with E-state index < -0.39 is 0 Å². The van der Waals surface area contributed by atoms with Crippen LogP contribution in [0, 0.1) is 27.7 Å². The second-order valence-corrected chi connectivity index (χ2v) is 10.3. The van der Waals surface area contributed by atoms with Gasteiger partial charge in [-0.05, 0) is 13.8 Å². The summed E-state index contributed by atoms with van der Waals surface area (Å²) in [6, 6.07) is 21.1. The van der Waals surface area contributed by atoms with E-state index in [1.54, 1.807) is 0 Å². The van der Waals surface area contributed by atoms with Crippen molar-refractivity contribution >= 4 is 15.4 Å². The normalized spacial score (nSPS) is 11.0. The topological polar surface area (TPSA) is 0 Å². The Balaban J connectivity index is 1.85. The third-order valence-electron chi connectivity index (χ3n) is 4.87. The van der Waals surface area contributed by atoms with Gasteiger partial charge in [-0.25, -0.2) is 0 Å². The van der Waals surface area contributed by atoms with Crippen LogP contribution < -0.4 is 0 Å². The van der Waals surface area contributed by atoms with Crippen LogP contribution in [-0.4, -0.2) is 15.4 Å². The zero-order valence-corrected chi connectivity index (χ0v) is 19.4. The maximum absolute atomic E-state index is 2.42. The standard InChI is InChI=1S/C26H30Ge/c1-18-6-19(2)8-22(7-18)13-23-9-20(3)10-24(14-23)15-25-11-21(4)12-26(16-25)17-27-5/h6-12,14,16H,13,15,17H2,1-5H3. The minimum absolute atomic E-state index is 0.174. The summed E-state index contributed by atoms with van der Waals surface area (Å²) in [5.74, 6) is 2.38. The average molecular weight is 415 g/mol. The van der Waals surface area contributed by atoms with Crippen molar-refractivity contribution < 1.29 is 0 Å². The van der Waals surface area contributed by atoms with Crippen LogP contribution in [0.2, 0.25) is 5.76 Å². The molecule has 3 aromatic carbocycles. The summed E-state index contributed by atoms with van der Waals surface area (Å²) in [7, 11) is 0. The monoisotopic (exact) mass is 416 g/mol. The molecule has 0 atom stereocenters. The first-order chi connectivity index (χ1) is 12.9. The maximum atomic E-state index is 2.42. The first kappa shape index (κ1) is 20.0. The van der Waals surface area contributed by atoms with E-state index in [1.807, 2.05) is 0 Å². The Morgan fingerprint density at radius 1 is 0.481 bits per heavy atom. The van der Waals surface area contributed by atoms with E-state index in [-0.39, 0.29) is 15.4 Å². The van der Waals surface area contributed by atoms with E-state index in [0.717, 1.165) is 12.8 Å². The second kappa shape index (κ2) is 8.93. The van der Waals surface area contributed by atoms with Gasteiger partial charge in [0, 0.05) is 0 Å². The molecule has 0 aromatic heterocycles. The Bertz CT molecular complexity index is 917. The van der Waals surface area contributed by atoms with Gasteiger partial charge in [-0.3, -0.25) is 0 Å². The van der Waals surface area contributed by atoms with Gasteiger partial charge in [0.2, 0.25) is 0 Å². The molecule has 1 heteroatoms. The Kier molecular flexibility index (Phi) is 6.60. The predicted molar refractivity (Wildman–Crippen MR) is 119 cm³/mol. The van der Waals surface area contributed by atoms with E-state index in [0.29, 0.717) is 0 Å². The van der Waals surface area contributed by atoms with Gasteiger partial charge in [-0.2, -0.15) is 0 Å². The van der Waals surface area contributed by atoms with E-state index in [4.69, 9.17) is 0 Å². The van der Waals surface area contributed by atoms with Crippen LogP contribution in [0.4, 0.5) is 0 Å². The molecule has 0 aliphatic heterocycles. The fourth-order valence-corrected chi connectivity index (χ4v) is 5.44. The Morgan fingerprint density at radius 2 is 0.815 bits per heavy atom. The molecule has 27 heavy (non-hydrogen) atoms. The summed E-state index contributed by atoms with van der Waals surface area (Å²) in [6.07, 6.45) is 2.04. The minimum atomic E-state index is 0.174. The molecule has 0 unspecified atom stereocenters. The first-order valence-corrected chi connectivity index (χ1v) is 13.4. The first-order valence-electron chi connectivity index (χ1n) is 9.82. The predicted octanol–water partition coefficient (Wildman–Crippen LogP) is 6.35. The van der Waals surface area contributed by atoms with Crippen molar-refractivity contribution in [3.05, 3.63) is 105 Å². The van der Waals surface area contributed by atoms with Crippen LogP contribution in [0.3, 0.4) is 0 Å². The summed E-state index contributed by atoms with van der Waals surface area (Å²) < 4.78 is 0. The third-order valence-corrected chi connectivity index (χ3v) is 6.47. The molecule has 3 rings (SSSR count). The zero-order valence-electron chi connectivity index (χ0n) is 17.3. The molecule has 138 valence electrons. The molecule has 0 nitrogen and oxygen atoms in total. The van der Waals surface area contributed by atoms with Crippen LogP contribution in [0.5, 0.6) is 0 Å². The van der Waals surface area contributed by atoms with Crippen LogP contribution in [0.1, 0.15) is 50.1 Å². The molecule has 0 aliphatic carbocycles. The molecule has 0 spiro atoms. The molecule has 3 aromatic rings. The van der Waals surface area contributed by atoms with Crippen molar-refractivity contribution in [3.63, 3.8) is 0 Å². The Labute approximate surface area is 171 Å². The number of rotatable bonds is 6. The summed E-state index contributed by atoms with van der Waals surface area (Å²) in [4.78, 5) is 0. The van der Waals surface area contributed by atoms with Gasteiger partial charge in [-0.1, -0.05) is 6.07 Å². The fraction of sp³-hybridized carbons (Fsp3) is 0.308. The molecule has 0 aliphatic rings. The molecule has 0 fully saturated rings. The second-order valence-electron chi connectivity index (χ2n) is 8.03. The van der Waals surface area contributed by atoms with Crippen LogP contribution in [0.25, 0.3) is 0 Å². The summed E-state index contributed by atoms with van der Waals surface area (Å²) in [6.45, 7) is 8.82. The van der Waals surface area contributed by atoms with Crippen LogP contribution in [0.15, 0.2) is 54.6 Å². The van der Waals surface area contributed by atoms with Crippen molar-refractivity contribution in [2.75, 3.05) is 0 Å². The molecular formula is C26H30Ge. The van der Waals surface area contributed by atoms with Crippen molar-refractivity contribution in [2.24, 2.45) is 0 Å². The van der Waals surface area contributed by atoms with Gasteiger partial charge >= 0.3 is 152 Å². The van der Waals surface area contributed by atoms with E-state index >= 15 is 0 Å². The molecular weight excluding hydrogens is 385 g/mol. The molecule has 0 saturated carbocycles. The summed E-state index contributed by atoms with van der Waals surface area (Å²) in [5, 5.41) is 1.29. The third kappa shape index (κ3) is 5.84. The van der Waals surface area contributed by atoms with Gasteiger partial charge in [0.1, 0.15) is 0 Å². The summed E-state index contributed by atoms with van der Waals surface area (Å²) >= 11 is 0.174. The van der Waals surface area contributed by atoms with Crippen molar-refractivity contribution in [2.45, 2.75) is 51.5 Å². The number of aryl methyl sites for hydroxylation is 4. The molecule has 0 bridgehead atoms. The van der Waals surface area contributed by atoms with Gasteiger partial charge in [0.05, 0.1) is 0 Å². The molecule has 0 heterocycles. The van der Waals surface area contributed by atoms with E-state index in [2.05, 4.69) is 88.0 Å². The quantitative estimate of drug-likeness (QED) is 0.412. The molecule has 0 saturated heterocycles. The van der Waals surface area contributed by atoms with Gasteiger partial charge < -0.3 is 0 Å². The molecule has 2 radical (unpaired) electrons. The van der Waals surface area contributed by atoms with E-state index in [1.165, 1.54) is 55.3 Å². The Hall–Kier alpha value is -1.80. The zero-order chi connectivity index (χ0) is 19.4.